The first-order valence-corrected chi connectivity index (χ1v) is 17.9. The molecule has 0 spiro atoms. The fourth-order valence-electron chi connectivity index (χ4n) is 8.29. The molecular weight excluding hydrogens is 613 g/mol. The predicted molar refractivity (Wildman–Crippen MR) is 218 cm³/mol. The number of hydrogen-bond acceptors (Lipinski definition) is 0. The van der Waals surface area contributed by atoms with Gasteiger partial charge in [0.1, 0.15) is 0 Å². The Morgan fingerprint density at radius 3 is 0.961 bits per heavy atom. The van der Waals surface area contributed by atoms with E-state index in [1.54, 1.807) is 0 Å². The van der Waals surface area contributed by atoms with Gasteiger partial charge in [-0.05, 0) is 135 Å². The first-order chi connectivity index (χ1) is 25.0. The van der Waals surface area contributed by atoms with Crippen molar-refractivity contribution in [2.45, 2.75) is 19.3 Å². The monoisotopic (exact) mass is 648 g/mol. The van der Waals surface area contributed by atoms with Crippen molar-refractivity contribution in [3.8, 4) is 55.6 Å². The lowest BCUT2D eigenvalue weighted by Gasteiger charge is -2.22. The zero-order chi connectivity index (χ0) is 34.1. The first-order valence-electron chi connectivity index (χ1n) is 17.9. The van der Waals surface area contributed by atoms with Gasteiger partial charge in [0.2, 0.25) is 0 Å². The summed E-state index contributed by atoms with van der Waals surface area (Å²) in [7, 11) is 0. The largest absolute Gasteiger partial charge is 0.0616 e. The van der Waals surface area contributed by atoms with Crippen LogP contribution in [0.15, 0.2) is 182 Å². The van der Waals surface area contributed by atoms with Gasteiger partial charge >= 0.3 is 0 Å². The molecule has 0 aliphatic heterocycles. The van der Waals surface area contributed by atoms with Crippen molar-refractivity contribution >= 4 is 32.3 Å². The summed E-state index contributed by atoms with van der Waals surface area (Å²) in [5, 5.41) is 7.61. The standard InChI is InChI=1S/C51H36/c1-51(2)49-31-45(36-13-11-35(12-14-36)39-17-15-33-7-3-5-9-37(33)27-39)23-25-47(49)48-26-24-46(32-50(48)51)44-22-21-42-29-41(19-20-43(42)30-44)40-18-16-34-8-4-6-10-38(34)28-40/h3-32H,1-2H3. The molecular formula is C51H36. The van der Waals surface area contributed by atoms with E-state index in [-0.39, 0.29) is 5.41 Å². The fraction of sp³-hybridized carbons (Fsp3) is 0.0588. The van der Waals surface area contributed by atoms with Crippen molar-refractivity contribution in [1.82, 2.24) is 0 Å². The van der Waals surface area contributed by atoms with Crippen LogP contribution in [0.2, 0.25) is 0 Å². The zero-order valence-electron chi connectivity index (χ0n) is 28.8. The summed E-state index contributed by atoms with van der Waals surface area (Å²) in [6, 6.07) is 67.5. The molecule has 0 aromatic heterocycles. The van der Waals surface area contributed by atoms with E-state index in [1.807, 2.05) is 0 Å². The second-order valence-corrected chi connectivity index (χ2v) is 14.6. The van der Waals surface area contributed by atoms with Crippen molar-refractivity contribution in [2.24, 2.45) is 0 Å². The summed E-state index contributed by atoms with van der Waals surface area (Å²) >= 11 is 0. The van der Waals surface area contributed by atoms with Crippen LogP contribution in [-0.2, 0) is 5.41 Å². The molecule has 0 amide bonds. The van der Waals surface area contributed by atoms with E-state index in [1.165, 1.54) is 99.1 Å². The van der Waals surface area contributed by atoms with Gasteiger partial charge in [-0.3, -0.25) is 0 Å². The third-order valence-corrected chi connectivity index (χ3v) is 11.2. The highest BCUT2D eigenvalue weighted by molar-refractivity contribution is 5.94. The lowest BCUT2D eigenvalue weighted by atomic mass is 9.80. The highest BCUT2D eigenvalue weighted by atomic mass is 14.4. The molecule has 1 aliphatic carbocycles. The third-order valence-electron chi connectivity index (χ3n) is 11.2. The van der Waals surface area contributed by atoms with Gasteiger partial charge in [-0.15, -0.1) is 0 Å². The average molecular weight is 649 g/mol. The van der Waals surface area contributed by atoms with Gasteiger partial charge in [-0.2, -0.15) is 0 Å². The van der Waals surface area contributed by atoms with Crippen LogP contribution in [0.4, 0.5) is 0 Å². The maximum Gasteiger partial charge on any atom is 0.0159 e. The van der Waals surface area contributed by atoms with E-state index in [4.69, 9.17) is 0 Å². The first kappa shape index (κ1) is 29.7. The van der Waals surface area contributed by atoms with Crippen molar-refractivity contribution in [3.05, 3.63) is 193 Å². The molecule has 240 valence electrons. The second kappa shape index (κ2) is 11.4. The highest BCUT2D eigenvalue weighted by Gasteiger charge is 2.35. The zero-order valence-corrected chi connectivity index (χ0v) is 28.8. The van der Waals surface area contributed by atoms with Crippen molar-refractivity contribution < 1.29 is 0 Å². The van der Waals surface area contributed by atoms with Crippen molar-refractivity contribution in [1.29, 1.82) is 0 Å². The van der Waals surface area contributed by atoms with Crippen molar-refractivity contribution in [2.75, 3.05) is 0 Å². The van der Waals surface area contributed by atoms with Crippen LogP contribution in [-0.4, -0.2) is 0 Å². The Bertz CT molecular complexity index is 2810. The minimum absolute atomic E-state index is 0.104. The topological polar surface area (TPSA) is 0 Å². The minimum atomic E-state index is -0.104. The number of fused-ring (bicyclic) bond motifs is 6. The van der Waals surface area contributed by atoms with Gasteiger partial charge in [0.25, 0.3) is 0 Å². The lowest BCUT2D eigenvalue weighted by molar-refractivity contribution is 0.661. The van der Waals surface area contributed by atoms with Crippen LogP contribution in [0.3, 0.4) is 0 Å². The smallest absolute Gasteiger partial charge is 0.0159 e. The van der Waals surface area contributed by atoms with Crippen LogP contribution in [0.5, 0.6) is 0 Å². The molecule has 0 heteroatoms. The summed E-state index contributed by atoms with van der Waals surface area (Å²) in [6.07, 6.45) is 0. The number of rotatable bonds is 4. The number of benzene rings is 9. The summed E-state index contributed by atoms with van der Waals surface area (Å²) in [6.45, 7) is 4.76. The maximum atomic E-state index is 2.43. The molecule has 0 saturated heterocycles. The molecule has 0 saturated carbocycles. The molecule has 0 unspecified atom stereocenters. The van der Waals surface area contributed by atoms with E-state index < -0.39 is 0 Å². The summed E-state index contributed by atoms with van der Waals surface area (Å²) < 4.78 is 0. The van der Waals surface area contributed by atoms with Crippen LogP contribution in [0.25, 0.3) is 88.0 Å². The Morgan fingerprint density at radius 1 is 0.255 bits per heavy atom. The molecule has 1 aliphatic rings. The van der Waals surface area contributed by atoms with Crippen LogP contribution >= 0.6 is 0 Å². The molecule has 0 atom stereocenters. The summed E-state index contributed by atoms with van der Waals surface area (Å²) in [5.74, 6) is 0. The van der Waals surface area contributed by atoms with Gasteiger partial charge in [0, 0.05) is 5.41 Å². The van der Waals surface area contributed by atoms with Gasteiger partial charge in [-0.25, -0.2) is 0 Å². The summed E-state index contributed by atoms with van der Waals surface area (Å²) in [5.41, 5.74) is 15.4. The van der Waals surface area contributed by atoms with Crippen LogP contribution < -0.4 is 0 Å². The Hall–Kier alpha value is -6.24. The molecule has 0 heterocycles. The molecule has 0 bridgehead atoms. The SMILES string of the molecule is CC1(C)c2cc(-c3ccc(-c4ccc5ccccc5c4)cc3)ccc2-c2ccc(-c3ccc4cc(-c5ccc6ccccc6c5)ccc4c3)cc21. The van der Waals surface area contributed by atoms with Gasteiger partial charge in [0.05, 0.1) is 0 Å². The van der Waals surface area contributed by atoms with Crippen LogP contribution in [0, 0.1) is 0 Å². The summed E-state index contributed by atoms with van der Waals surface area (Å²) in [4.78, 5) is 0. The normalized spacial score (nSPS) is 13.1. The molecule has 51 heavy (non-hydrogen) atoms. The molecule has 9 aromatic rings. The lowest BCUT2D eigenvalue weighted by Crippen LogP contribution is -2.15. The molecule has 0 fully saturated rings. The van der Waals surface area contributed by atoms with E-state index >= 15 is 0 Å². The van der Waals surface area contributed by atoms with E-state index in [0.717, 1.165) is 0 Å². The Kier molecular flexibility index (Phi) is 6.63. The average Bonchev–Trinajstić information content (AvgIpc) is 3.42. The molecule has 0 radical (unpaired) electrons. The maximum absolute atomic E-state index is 2.43. The van der Waals surface area contributed by atoms with E-state index in [0.29, 0.717) is 0 Å². The quantitative estimate of drug-likeness (QED) is 0.178. The highest BCUT2D eigenvalue weighted by Crippen LogP contribution is 2.50. The van der Waals surface area contributed by atoms with Gasteiger partial charge in [0.15, 0.2) is 0 Å². The van der Waals surface area contributed by atoms with Crippen molar-refractivity contribution in [3.63, 3.8) is 0 Å². The third kappa shape index (κ3) is 4.98. The fourth-order valence-corrected chi connectivity index (χ4v) is 8.29. The van der Waals surface area contributed by atoms with Gasteiger partial charge < -0.3 is 0 Å². The van der Waals surface area contributed by atoms with Crippen LogP contribution in [0.1, 0.15) is 25.0 Å². The van der Waals surface area contributed by atoms with E-state index in [9.17, 15) is 0 Å². The molecule has 9 aromatic carbocycles. The Morgan fingerprint density at radius 2 is 0.529 bits per heavy atom. The van der Waals surface area contributed by atoms with E-state index in [2.05, 4.69) is 196 Å². The predicted octanol–water partition coefficient (Wildman–Crippen LogP) is 14.1. The number of hydrogen-bond donors (Lipinski definition) is 0. The van der Waals surface area contributed by atoms with Gasteiger partial charge in [-0.1, -0.05) is 159 Å². The molecule has 0 N–H and O–H groups in total. The molecule has 0 nitrogen and oxygen atoms in total. The second-order valence-electron chi connectivity index (χ2n) is 14.6. The Balaban J connectivity index is 0.939. The molecule has 10 rings (SSSR count). The minimum Gasteiger partial charge on any atom is -0.0616 e. The Labute approximate surface area is 299 Å².